The number of nitrogens with zero attached hydrogens (tertiary/aromatic N) is 4. The molecule has 9 rings (SSSR count). The van der Waals surface area contributed by atoms with Gasteiger partial charge in [-0.05, 0) is 94.7 Å². The monoisotopic (exact) mass is 822 g/mol. The van der Waals surface area contributed by atoms with E-state index in [1.807, 2.05) is 12.1 Å². The molecule has 0 bridgehead atoms. The van der Waals surface area contributed by atoms with Gasteiger partial charge in [0.05, 0.1) is 40.3 Å². The molecule has 0 heterocycles. The molecule has 4 N–H and O–H groups in total. The summed E-state index contributed by atoms with van der Waals surface area (Å²) in [5.74, 6) is -1.49. The Kier molecular flexibility index (Phi) is 9.95. The Bertz CT molecular complexity index is 3180. The number of para-hydroxylation sites is 1. The maximum absolute atomic E-state index is 13.9. The summed E-state index contributed by atoms with van der Waals surface area (Å²) in [6.45, 7) is 0. The lowest BCUT2D eigenvalue weighted by molar-refractivity contribution is 0.101. The molecule has 12 nitrogen and oxygen atoms in total. The third-order valence-corrected chi connectivity index (χ3v) is 10.6. The second kappa shape index (κ2) is 15.9. The van der Waals surface area contributed by atoms with Crippen LogP contribution < -0.4 is 15.4 Å². The number of amides is 2. The summed E-state index contributed by atoms with van der Waals surface area (Å²) in [5.41, 5.74) is 3.89. The van der Waals surface area contributed by atoms with Crippen molar-refractivity contribution in [2.45, 2.75) is 0 Å². The molecule has 296 valence electrons. The minimum atomic E-state index is -0.584. The zero-order valence-corrected chi connectivity index (χ0v) is 32.8. The molecule has 0 spiro atoms. The number of nitrogens with one attached hydrogen (secondary N) is 2. The molecular formula is C48H31ClN6O6. The number of phenols is 2. The quantitative estimate of drug-likeness (QED) is 0.105. The van der Waals surface area contributed by atoms with Crippen molar-refractivity contribution in [3.8, 4) is 28.4 Å². The molecule has 61 heavy (non-hydrogen) atoms. The number of aromatic hydroxyl groups is 2. The molecule has 8 aromatic carbocycles. The van der Waals surface area contributed by atoms with E-state index in [2.05, 4.69) is 31.1 Å². The van der Waals surface area contributed by atoms with Gasteiger partial charge in [0.1, 0.15) is 17.1 Å². The van der Waals surface area contributed by atoms with E-state index in [-0.39, 0.29) is 39.8 Å². The van der Waals surface area contributed by atoms with Crippen molar-refractivity contribution < 1.29 is 29.3 Å². The van der Waals surface area contributed by atoms with Gasteiger partial charge in [0, 0.05) is 27.6 Å². The Hall–Kier alpha value is -8.22. The van der Waals surface area contributed by atoms with E-state index in [9.17, 15) is 24.6 Å². The number of anilines is 2. The molecule has 0 unspecified atom stereocenters. The van der Waals surface area contributed by atoms with Crippen molar-refractivity contribution in [1.29, 1.82) is 0 Å². The van der Waals surface area contributed by atoms with Gasteiger partial charge in [0.15, 0.2) is 17.3 Å². The summed E-state index contributed by atoms with van der Waals surface area (Å²) in [4.78, 5) is 40.6. The molecular weight excluding hydrogens is 792 g/mol. The van der Waals surface area contributed by atoms with Gasteiger partial charge in [-0.25, -0.2) is 0 Å². The summed E-state index contributed by atoms with van der Waals surface area (Å²) >= 11 is 6.26. The number of rotatable bonds is 9. The lowest BCUT2D eigenvalue weighted by atomic mass is 10.0. The van der Waals surface area contributed by atoms with Gasteiger partial charge in [-0.3, -0.25) is 14.4 Å². The fourth-order valence-corrected chi connectivity index (χ4v) is 7.39. The second-order valence-corrected chi connectivity index (χ2v) is 14.4. The van der Waals surface area contributed by atoms with Gasteiger partial charge >= 0.3 is 0 Å². The highest BCUT2D eigenvalue weighted by Crippen LogP contribution is 2.44. The van der Waals surface area contributed by atoms with Crippen LogP contribution in [0.4, 0.5) is 34.1 Å². The smallest absolute Gasteiger partial charge is 0.259 e. The van der Waals surface area contributed by atoms with Crippen molar-refractivity contribution in [1.82, 2.24) is 0 Å². The summed E-state index contributed by atoms with van der Waals surface area (Å²) in [6, 6.07) is 41.3. The summed E-state index contributed by atoms with van der Waals surface area (Å²) in [6.07, 6.45) is 0. The zero-order chi connectivity index (χ0) is 42.2. The highest BCUT2D eigenvalue weighted by Gasteiger charge is 2.28. The van der Waals surface area contributed by atoms with E-state index in [0.717, 1.165) is 0 Å². The van der Waals surface area contributed by atoms with Crippen molar-refractivity contribution in [2.24, 2.45) is 20.5 Å². The van der Waals surface area contributed by atoms with Gasteiger partial charge in [-0.1, -0.05) is 84.4 Å². The molecule has 8 aromatic rings. The molecule has 0 aliphatic heterocycles. The summed E-state index contributed by atoms with van der Waals surface area (Å²) in [7, 11) is 1.55. The standard InChI is InChI=1S/C48H31ClN6O6/c1-61-31-18-14-28(15-19-31)50-47(59)38-22-26-8-2-4-10-32(26)42(45(38)57)54-52-29-16-20-34-35-21-17-30(25-37(35)44(56)36(34)24-29)53-55-43-33-11-5-3-9-27(33)23-39(46(43)58)48(60)51-41-13-7-6-12-40(41)49/h2-25,57-58H,1H3,(H,50,59)(H,51,60). The Morgan fingerprint density at radius 2 is 1.05 bits per heavy atom. The maximum Gasteiger partial charge on any atom is 0.259 e. The Morgan fingerprint density at radius 1 is 0.557 bits per heavy atom. The van der Waals surface area contributed by atoms with Gasteiger partial charge in [-0.2, -0.15) is 10.2 Å². The largest absolute Gasteiger partial charge is 0.505 e. The Balaban J connectivity index is 0.987. The third kappa shape index (κ3) is 7.28. The number of halogens is 1. The van der Waals surface area contributed by atoms with Crippen molar-refractivity contribution in [2.75, 3.05) is 17.7 Å². The van der Waals surface area contributed by atoms with Crippen LogP contribution in [-0.4, -0.2) is 34.9 Å². The number of benzene rings is 8. The van der Waals surface area contributed by atoms with Gasteiger partial charge < -0.3 is 25.6 Å². The van der Waals surface area contributed by atoms with Crippen LogP contribution in [0.3, 0.4) is 0 Å². The van der Waals surface area contributed by atoms with E-state index in [1.54, 1.807) is 141 Å². The molecule has 13 heteroatoms. The fraction of sp³-hybridized carbons (Fsp3) is 0.0208. The summed E-state index contributed by atoms with van der Waals surface area (Å²) in [5, 5.41) is 48.7. The maximum atomic E-state index is 13.9. The number of hydrogen-bond acceptors (Lipinski definition) is 10. The highest BCUT2D eigenvalue weighted by atomic mass is 35.5. The number of carbonyl (C=O) groups excluding carboxylic acids is 3. The van der Waals surface area contributed by atoms with E-state index >= 15 is 0 Å². The van der Waals surface area contributed by atoms with Crippen LogP contribution in [0.5, 0.6) is 17.2 Å². The van der Waals surface area contributed by atoms with Crippen molar-refractivity contribution in [3.05, 3.63) is 173 Å². The van der Waals surface area contributed by atoms with E-state index < -0.39 is 11.8 Å². The number of ketones is 1. The number of methoxy groups -OCH3 is 1. The average Bonchev–Trinajstić information content (AvgIpc) is 3.55. The number of ether oxygens (including phenoxy) is 1. The molecule has 0 atom stereocenters. The predicted octanol–water partition coefficient (Wildman–Crippen LogP) is 12.6. The normalized spacial score (nSPS) is 11.9. The topological polar surface area (TPSA) is 174 Å². The zero-order valence-electron chi connectivity index (χ0n) is 32.1. The SMILES string of the molecule is COc1ccc(NC(=O)c2cc3ccccc3c(N=Nc3ccc4c(c3)C(=O)c3cc(N=Nc5c(O)c(C(=O)Nc6ccccc6Cl)cc6ccccc56)ccc3-4)c2O)cc1. The molecule has 0 saturated heterocycles. The second-order valence-electron chi connectivity index (χ2n) is 14.0. The number of fused-ring (bicyclic) bond motifs is 5. The van der Waals surface area contributed by atoms with Gasteiger partial charge in [0.25, 0.3) is 11.8 Å². The van der Waals surface area contributed by atoms with Gasteiger partial charge in [0.2, 0.25) is 0 Å². The molecule has 0 fully saturated rings. The first-order valence-electron chi connectivity index (χ1n) is 18.8. The van der Waals surface area contributed by atoms with E-state index in [4.69, 9.17) is 16.3 Å². The number of phenolic OH excluding ortho intramolecular Hbond substituents is 2. The molecule has 0 radical (unpaired) electrons. The Labute approximate surface area is 352 Å². The fourth-order valence-electron chi connectivity index (χ4n) is 7.20. The molecule has 1 aliphatic carbocycles. The van der Waals surface area contributed by atoms with Crippen LogP contribution in [0.25, 0.3) is 32.7 Å². The Morgan fingerprint density at radius 3 is 1.57 bits per heavy atom. The lowest BCUT2D eigenvalue weighted by Gasteiger charge is -2.12. The van der Waals surface area contributed by atoms with Crippen LogP contribution in [-0.2, 0) is 0 Å². The minimum Gasteiger partial charge on any atom is -0.505 e. The number of azo groups is 2. The van der Waals surface area contributed by atoms with Crippen LogP contribution in [0.15, 0.2) is 166 Å². The van der Waals surface area contributed by atoms with Crippen LogP contribution >= 0.6 is 11.6 Å². The van der Waals surface area contributed by atoms with Crippen molar-refractivity contribution in [3.63, 3.8) is 0 Å². The molecule has 0 saturated carbocycles. The first kappa shape index (κ1) is 38.3. The average molecular weight is 823 g/mol. The highest BCUT2D eigenvalue weighted by molar-refractivity contribution is 6.34. The van der Waals surface area contributed by atoms with E-state index in [1.165, 1.54) is 0 Å². The van der Waals surface area contributed by atoms with E-state index in [0.29, 0.717) is 77.3 Å². The minimum absolute atomic E-state index is 0.00558. The van der Waals surface area contributed by atoms with Crippen molar-refractivity contribution >= 4 is 84.9 Å². The molecule has 2 amide bonds. The van der Waals surface area contributed by atoms with Crippen LogP contribution in [0, 0.1) is 0 Å². The first-order valence-corrected chi connectivity index (χ1v) is 19.2. The predicted molar refractivity (Wildman–Crippen MR) is 235 cm³/mol. The van der Waals surface area contributed by atoms with Crippen LogP contribution in [0.2, 0.25) is 5.02 Å². The molecule has 0 aromatic heterocycles. The number of hydrogen-bond donors (Lipinski definition) is 4. The molecule has 1 aliphatic rings. The number of carbonyl (C=O) groups is 3. The van der Waals surface area contributed by atoms with Crippen LogP contribution in [0.1, 0.15) is 36.6 Å². The third-order valence-electron chi connectivity index (χ3n) is 10.3. The van der Waals surface area contributed by atoms with Gasteiger partial charge in [-0.15, -0.1) is 10.2 Å². The lowest BCUT2D eigenvalue weighted by Crippen LogP contribution is -2.12. The summed E-state index contributed by atoms with van der Waals surface area (Å²) < 4.78 is 5.20. The first-order chi connectivity index (χ1) is 29.7.